The summed E-state index contributed by atoms with van der Waals surface area (Å²) in [6, 6.07) is 12.7. The lowest BCUT2D eigenvalue weighted by molar-refractivity contribution is -0.131. The molecular formula is C20H20N2O4S. The van der Waals surface area contributed by atoms with E-state index in [-0.39, 0.29) is 17.6 Å². The number of nitrogens with one attached hydrogen (secondary N) is 2. The molecule has 0 spiro atoms. The minimum absolute atomic E-state index is 0.128. The third kappa shape index (κ3) is 6.91. The van der Waals surface area contributed by atoms with Crippen molar-refractivity contribution in [2.45, 2.75) is 13.8 Å². The van der Waals surface area contributed by atoms with E-state index in [0.29, 0.717) is 17.0 Å². The maximum absolute atomic E-state index is 12.0. The molecule has 1 amide bonds. The molecule has 2 rings (SSSR count). The summed E-state index contributed by atoms with van der Waals surface area (Å²) in [5.41, 5.74) is 3.39. The molecule has 0 saturated carbocycles. The highest BCUT2D eigenvalue weighted by Crippen LogP contribution is 2.18. The van der Waals surface area contributed by atoms with Crippen LogP contribution in [0.2, 0.25) is 0 Å². The molecule has 2 aromatic carbocycles. The number of hydrogen-bond donors (Lipinski definition) is 3. The van der Waals surface area contributed by atoms with E-state index in [0.717, 1.165) is 17.2 Å². The number of carboxylic acid groups (broad SMARTS) is 1. The van der Waals surface area contributed by atoms with Crippen LogP contribution in [-0.2, 0) is 9.59 Å². The first-order chi connectivity index (χ1) is 12.8. The zero-order valence-corrected chi connectivity index (χ0v) is 15.8. The van der Waals surface area contributed by atoms with Gasteiger partial charge >= 0.3 is 5.97 Å². The standard InChI is InChI=1S/C20H20N2O4S/c1-13-6-8-17(14(2)10-13)26-12-18(23)22-20(27)21-16-5-3-4-15(11-16)7-9-19(24)25/h3-11H,12H2,1-2H3,(H,24,25)(H2,21,22,23,27)/b9-7+. The number of amides is 1. The first kappa shape index (κ1) is 20.1. The van der Waals surface area contributed by atoms with Crippen LogP contribution in [0.5, 0.6) is 5.75 Å². The maximum Gasteiger partial charge on any atom is 0.328 e. The number of thiocarbonyl (C=S) groups is 1. The van der Waals surface area contributed by atoms with Gasteiger partial charge in [-0.1, -0.05) is 29.8 Å². The highest BCUT2D eigenvalue weighted by Gasteiger charge is 2.08. The van der Waals surface area contributed by atoms with E-state index in [9.17, 15) is 9.59 Å². The predicted molar refractivity (Wildman–Crippen MR) is 109 cm³/mol. The molecular weight excluding hydrogens is 364 g/mol. The van der Waals surface area contributed by atoms with Crippen LogP contribution in [0.15, 0.2) is 48.5 Å². The molecule has 0 aromatic heterocycles. The van der Waals surface area contributed by atoms with Crippen LogP contribution in [-0.4, -0.2) is 28.7 Å². The minimum atomic E-state index is -1.03. The van der Waals surface area contributed by atoms with Crippen LogP contribution in [0, 0.1) is 13.8 Å². The fraction of sp³-hybridized carbons (Fsp3) is 0.150. The molecule has 0 radical (unpaired) electrons. The number of ether oxygens (including phenoxy) is 1. The van der Waals surface area contributed by atoms with Crippen LogP contribution >= 0.6 is 12.2 Å². The normalized spacial score (nSPS) is 10.4. The van der Waals surface area contributed by atoms with Crippen molar-refractivity contribution in [1.82, 2.24) is 5.32 Å². The number of aryl methyl sites for hydroxylation is 2. The van der Waals surface area contributed by atoms with Gasteiger partial charge in [-0.05, 0) is 61.5 Å². The first-order valence-electron chi connectivity index (χ1n) is 8.15. The molecule has 3 N–H and O–H groups in total. The number of carbonyl (C=O) groups excluding carboxylic acids is 1. The van der Waals surface area contributed by atoms with Crippen LogP contribution in [0.25, 0.3) is 6.08 Å². The van der Waals surface area contributed by atoms with Crippen molar-refractivity contribution >= 4 is 41.0 Å². The predicted octanol–water partition coefficient (Wildman–Crippen LogP) is 3.29. The second-order valence-electron chi connectivity index (χ2n) is 5.86. The minimum Gasteiger partial charge on any atom is -0.483 e. The molecule has 27 heavy (non-hydrogen) atoms. The van der Waals surface area contributed by atoms with E-state index >= 15 is 0 Å². The number of carbonyl (C=O) groups is 2. The van der Waals surface area contributed by atoms with Crippen molar-refractivity contribution in [3.8, 4) is 5.75 Å². The highest BCUT2D eigenvalue weighted by atomic mass is 32.1. The molecule has 0 aliphatic carbocycles. The summed E-state index contributed by atoms with van der Waals surface area (Å²) in [6.45, 7) is 3.74. The van der Waals surface area contributed by atoms with Gasteiger partial charge < -0.3 is 15.2 Å². The van der Waals surface area contributed by atoms with Crippen LogP contribution in [0.1, 0.15) is 16.7 Å². The fourth-order valence-electron chi connectivity index (χ4n) is 2.32. The van der Waals surface area contributed by atoms with Crippen molar-refractivity contribution < 1.29 is 19.4 Å². The Balaban J connectivity index is 1.87. The quantitative estimate of drug-likeness (QED) is 0.523. The third-order valence-electron chi connectivity index (χ3n) is 3.51. The van der Waals surface area contributed by atoms with Crippen molar-refractivity contribution in [1.29, 1.82) is 0 Å². The lowest BCUT2D eigenvalue weighted by atomic mass is 10.1. The molecule has 0 saturated heterocycles. The average Bonchev–Trinajstić information content (AvgIpc) is 2.59. The SMILES string of the molecule is Cc1ccc(OCC(=O)NC(=S)Nc2cccc(/C=C/C(=O)O)c2)c(C)c1. The number of carboxylic acids is 1. The lowest BCUT2D eigenvalue weighted by Gasteiger charge is -2.12. The monoisotopic (exact) mass is 384 g/mol. The Bertz CT molecular complexity index is 893. The van der Waals surface area contributed by atoms with Crippen LogP contribution < -0.4 is 15.4 Å². The Morgan fingerprint density at radius 2 is 1.96 bits per heavy atom. The Hall–Kier alpha value is -3.19. The summed E-state index contributed by atoms with van der Waals surface area (Å²) in [5.74, 6) is -0.762. The summed E-state index contributed by atoms with van der Waals surface area (Å²) < 4.78 is 5.51. The number of hydrogen-bond acceptors (Lipinski definition) is 4. The topological polar surface area (TPSA) is 87.7 Å². The Morgan fingerprint density at radius 1 is 1.19 bits per heavy atom. The van der Waals surface area contributed by atoms with Gasteiger partial charge in [0.1, 0.15) is 5.75 Å². The van der Waals surface area contributed by atoms with Gasteiger partial charge in [0.25, 0.3) is 5.91 Å². The van der Waals surface area contributed by atoms with Gasteiger partial charge in [-0.25, -0.2) is 4.79 Å². The van der Waals surface area contributed by atoms with Crippen molar-refractivity contribution in [2.75, 3.05) is 11.9 Å². The second kappa shape index (κ2) is 9.49. The van der Waals surface area contributed by atoms with Crippen molar-refractivity contribution in [3.63, 3.8) is 0 Å². The fourth-order valence-corrected chi connectivity index (χ4v) is 2.55. The van der Waals surface area contributed by atoms with E-state index in [4.69, 9.17) is 22.1 Å². The van der Waals surface area contributed by atoms with E-state index in [1.165, 1.54) is 6.08 Å². The maximum atomic E-state index is 12.0. The molecule has 0 heterocycles. The number of aliphatic carboxylic acids is 1. The Kier molecular flexibility index (Phi) is 7.08. The summed E-state index contributed by atoms with van der Waals surface area (Å²) in [4.78, 5) is 22.6. The van der Waals surface area contributed by atoms with Crippen LogP contribution in [0.4, 0.5) is 5.69 Å². The van der Waals surface area contributed by atoms with Crippen molar-refractivity contribution in [2.24, 2.45) is 0 Å². The third-order valence-corrected chi connectivity index (χ3v) is 3.71. The van der Waals surface area contributed by atoms with Gasteiger partial charge in [0.05, 0.1) is 0 Å². The molecule has 0 fully saturated rings. The van der Waals surface area contributed by atoms with E-state index in [1.54, 1.807) is 24.3 Å². The zero-order chi connectivity index (χ0) is 19.8. The zero-order valence-electron chi connectivity index (χ0n) is 15.0. The van der Waals surface area contributed by atoms with Gasteiger partial charge in [0.15, 0.2) is 11.7 Å². The summed E-state index contributed by atoms with van der Waals surface area (Å²) in [5, 5.41) is 14.2. The molecule has 0 atom stereocenters. The molecule has 0 aliphatic rings. The molecule has 7 heteroatoms. The van der Waals surface area contributed by atoms with Gasteiger partial charge in [-0.15, -0.1) is 0 Å². The Morgan fingerprint density at radius 3 is 2.67 bits per heavy atom. The molecule has 140 valence electrons. The number of anilines is 1. The van der Waals surface area contributed by atoms with Crippen LogP contribution in [0.3, 0.4) is 0 Å². The highest BCUT2D eigenvalue weighted by molar-refractivity contribution is 7.80. The number of benzene rings is 2. The summed E-state index contributed by atoms with van der Waals surface area (Å²) in [6.07, 6.45) is 2.51. The van der Waals surface area contributed by atoms with Gasteiger partial charge in [0.2, 0.25) is 0 Å². The average molecular weight is 384 g/mol. The smallest absolute Gasteiger partial charge is 0.328 e. The van der Waals surface area contributed by atoms with E-state index in [1.807, 2.05) is 32.0 Å². The van der Waals surface area contributed by atoms with Gasteiger partial charge in [-0.3, -0.25) is 10.1 Å². The summed E-state index contributed by atoms with van der Waals surface area (Å²) >= 11 is 5.12. The van der Waals surface area contributed by atoms with E-state index < -0.39 is 5.97 Å². The molecule has 2 aromatic rings. The Labute approximate surface area is 162 Å². The van der Waals surface area contributed by atoms with E-state index in [2.05, 4.69) is 10.6 Å². The first-order valence-corrected chi connectivity index (χ1v) is 8.56. The van der Waals surface area contributed by atoms with Gasteiger partial charge in [0, 0.05) is 11.8 Å². The molecule has 0 unspecified atom stereocenters. The summed E-state index contributed by atoms with van der Waals surface area (Å²) in [7, 11) is 0. The second-order valence-corrected chi connectivity index (χ2v) is 6.27. The van der Waals surface area contributed by atoms with Gasteiger partial charge in [-0.2, -0.15) is 0 Å². The largest absolute Gasteiger partial charge is 0.483 e. The number of rotatable bonds is 6. The molecule has 6 nitrogen and oxygen atoms in total. The molecule has 0 bridgehead atoms. The van der Waals surface area contributed by atoms with Crippen molar-refractivity contribution in [3.05, 3.63) is 65.2 Å². The lowest BCUT2D eigenvalue weighted by Crippen LogP contribution is -2.37. The molecule has 0 aliphatic heterocycles.